The second-order valence-corrected chi connectivity index (χ2v) is 3.56. The number of hydrogen-bond donors (Lipinski definition) is 2. The Kier molecular flexibility index (Phi) is 4.78. The molecule has 1 fully saturated rings. The van der Waals surface area contributed by atoms with Crippen LogP contribution < -0.4 is 10.6 Å². The Labute approximate surface area is 105 Å². The molecule has 1 aromatic rings. The highest BCUT2D eigenvalue weighted by Gasteiger charge is 2.33. The molecule has 0 bridgehead atoms. The van der Waals surface area contributed by atoms with Crippen molar-refractivity contribution < 1.29 is 9.59 Å². The maximum absolute atomic E-state index is 11.6. The Hall–Kier alpha value is -1.75. The second kappa shape index (κ2) is 6.10. The first-order valence-electron chi connectivity index (χ1n) is 5.39. The fourth-order valence-electron chi connectivity index (χ4n) is 1.47. The molecule has 17 heavy (non-hydrogen) atoms. The predicted molar refractivity (Wildman–Crippen MR) is 69.4 cm³/mol. The molecule has 0 spiro atoms. The summed E-state index contributed by atoms with van der Waals surface area (Å²) in [5.74, 6) is -1.57. The average molecular weight is 250 g/mol. The minimum atomic E-state index is -0.808. The number of carbonyl (C=O) groups is 2. The predicted octanol–water partition coefficient (Wildman–Crippen LogP) is 1.33. The molecule has 0 aliphatic carbocycles. The number of hydrogen-bond acceptors (Lipinski definition) is 3. The molecule has 0 unspecified atom stereocenters. The first-order valence-corrected chi connectivity index (χ1v) is 5.80. The van der Waals surface area contributed by atoms with Gasteiger partial charge in [0.1, 0.15) is 5.92 Å². The summed E-state index contributed by atoms with van der Waals surface area (Å²) in [6, 6.07) is 8.86. The van der Waals surface area contributed by atoms with Crippen LogP contribution in [-0.2, 0) is 9.59 Å². The lowest BCUT2D eigenvalue weighted by molar-refractivity contribution is -0.131. The Balaban J connectivity index is 0.000000686. The van der Waals surface area contributed by atoms with Crippen LogP contribution in [0.2, 0.25) is 0 Å². The van der Waals surface area contributed by atoms with Gasteiger partial charge in [0.25, 0.3) is 0 Å². The maximum atomic E-state index is 11.6. The van der Waals surface area contributed by atoms with Gasteiger partial charge in [0.2, 0.25) is 11.8 Å². The molecule has 1 aliphatic heterocycles. The molecule has 1 heterocycles. The average Bonchev–Trinajstić information content (AvgIpc) is 2.31. The summed E-state index contributed by atoms with van der Waals surface area (Å²) in [6.07, 6.45) is 0. The van der Waals surface area contributed by atoms with Crippen LogP contribution in [0.4, 0.5) is 0 Å². The number of thiocarbonyl (C=S) groups is 1. The number of rotatable bonds is 1. The Morgan fingerprint density at radius 3 is 1.94 bits per heavy atom. The minimum absolute atomic E-state index is 0.0668. The van der Waals surface area contributed by atoms with Crippen LogP contribution in [0.15, 0.2) is 30.3 Å². The molecular weight excluding hydrogens is 236 g/mol. The molecule has 0 atom stereocenters. The zero-order valence-corrected chi connectivity index (χ0v) is 10.5. The van der Waals surface area contributed by atoms with Crippen LogP contribution in [-0.4, -0.2) is 16.9 Å². The van der Waals surface area contributed by atoms with Crippen LogP contribution in [0.1, 0.15) is 25.3 Å². The van der Waals surface area contributed by atoms with Crippen molar-refractivity contribution >= 4 is 29.1 Å². The van der Waals surface area contributed by atoms with E-state index in [1.54, 1.807) is 24.3 Å². The quantitative estimate of drug-likeness (QED) is 0.584. The fraction of sp³-hybridized carbons (Fsp3) is 0.250. The number of nitrogens with one attached hydrogen (secondary N) is 2. The van der Waals surface area contributed by atoms with Gasteiger partial charge < -0.3 is 10.6 Å². The highest BCUT2D eigenvalue weighted by Crippen LogP contribution is 2.17. The molecule has 90 valence electrons. The zero-order chi connectivity index (χ0) is 12.8. The minimum Gasteiger partial charge on any atom is -0.302 e. The molecule has 0 radical (unpaired) electrons. The number of benzene rings is 1. The molecule has 1 saturated heterocycles. The van der Waals surface area contributed by atoms with Crippen molar-refractivity contribution in [2.75, 3.05) is 0 Å². The lowest BCUT2D eigenvalue weighted by Crippen LogP contribution is -2.54. The molecule has 1 aliphatic rings. The summed E-state index contributed by atoms with van der Waals surface area (Å²) in [4.78, 5) is 23.1. The van der Waals surface area contributed by atoms with E-state index >= 15 is 0 Å². The van der Waals surface area contributed by atoms with E-state index in [0.29, 0.717) is 5.56 Å². The van der Waals surface area contributed by atoms with Gasteiger partial charge in [-0.3, -0.25) is 9.59 Å². The van der Waals surface area contributed by atoms with Crippen molar-refractivity contribution in [3.8, 4) is 0 Å². The van der Waals surface area contributed by atoms with Crippen LogP contribution >= 0.6 is 12.2 Å². The van der Waals surface area contributed by atoms with Gasteiger partial charge in [0, 0.05) is 0 Å². The van der Waals surface area contributed by atoms with Crippen molar-refractivity contribution in [3.63, 3.8) is 0 Å². The highest BCUT2D eigenvalue weighted by molar-refractivity contribution is 7.80. The van der Waals surface area contributed by atoms with Crippen LogP contribution in [0, 0.1) is 0 Å². The van der Waals surface area contributed by atoms with E-state index in [0.717, 1.165) is 0 Å². The Morgan fingerprint density at radius 1 is 1.00 bits per heavy atom. The molecule has 0 aromatic heterocycles. The Bertz CT molecular complexity index is 411. The third kappa shape index (κ3) is 3.10. The van der Waals surface area contributed by atoms with Crippen molar-refractivity contribution in [2.24, 2.45) is 0 Å². The van der Waals surface area contributed by atoms with E-state index in [2.05, 4.69) is 10.6 Å². The number of carbonyl (C=O) groups excluding carboxylic acids is 2. The molecule has 0 saturated carbocycles. The third-order valence-corrected chi connectivity index (χ3v) is 2.33. The first-order chi connectivity index (χ1) is 8.18. The standard InChI is InChI=1S/C10H8N2O2S.C2H6/c13-8-7(6-4-2-1-3-5-6)9(14)12-10(15)11-8;1-2/h1-5,7H,(H2,11,12,13,14,15);1-2H3. The smallest absolute Gasteiger partial charge is 0.243 e. The van der Waals surface area contributed by atoms with Crippen molar-refractivity contribution in [1.82, 2.24) is 10.6 Å². The lowest BCUT2D eigenvalue weighted by Gasteiger charge is -2.22. The largest absolute Gasteiger partial charge is 0.302 e. The summed E-state index contributed by atoms with van der Waals surface area (Å²) < 4.78 is 0. The van der Waals surface area contributed by atoms with Gasteiger partial charge in [-0.1, -0.05) is 44.2 Å². The van der Waals surface area contributed by atoms with Gasteiger partial charge in [0.15, 0.2) is 5.11 Å². The molecule has 5 heteroatoms. The highest BCUT2D eigenvalue weighted by atomic mass is 32.1. The third-order valence-electron chi connectivity index (χ3n) is 2.13. The van der Waals surface area contributed by atoms with Crippen LogP contribution in [0.5, 0.6) is 0 Å². The van der Waals surface area contributed by atoms with Crippen LogP contribution in [0.25, 0.3) is 0 Å². The summed E-state index contributed by atoms with van der Waals surface area (Å²) in [7, 11) is 0. The summed E-state index contributed by atoms with van der Waals surface area (Å²) >= 11 is 4.70. The summed E-state index contributed by atoms with van der Waals surface area (Å²) in [5, 5.41) is 4.90. The van der Waals surface area contributed by atoms with Gasteiger partial charge in [-0.05, 0) is 17.8 Å². The molecule has 4 nitrogen and oxygen atoms in total. The number of amides is 2. The zero-order valence-electron chi connectivity index (χ0n) is 9.69. The van der Waals surface area contributed by atoms with E-state index in [4.69, 9.17) is 12.2 Å². The lowest BCUT2D eigenvalue weighted by atomic mass is 9.96. The molecule has 2 amide bonds. The van der Waals surface area contributed by atoms with Gasteiger partial charge in [-0.25, -0.2) is 0 Å². The summed E-state index contributed by atoms with van der Waals surface area (Å²) in [6.45, 7) is 4.00. The maximum Gasteiger partial charge on any atom is 0.243 e. The monoisotopic (exact) mass is 250 g/mol. The summed E-state index contributed by atoms with van der Waals surface area (Å²) in [5.41, 5.74) is 0.662. The molecule has 1 aromatic carbocycles. The van der Waals surface area contributed by atoms with E-state index in [1.807, 2.05) is 19.9 Å². The first kappa shape index (κ1) is 13.3. The van der Waals surface area contributed by atoms with Crippen LogP contribution in [0.3, 0.4) is 0 Å². The van der Waals surface area contributed by atoms with Gasteiger partial charge in [-0.15, -0.1) is 0 Å². The molecule has 2 N–H and O–H groups in total. The van der Waals surface area contributed by atoms with Crippen molar-refractivity contribution in [3.05, 3.63) is 35.9 Å². The van der Waals surface area contributed by atoms with E-state index in [-0.39, 0.29) is 16.9 Å². The van der Waals surface area contributed by atoms with Gasteiger partial charge >= 0.3 is 0 Å². The SMILES string of the molecule is CC.O=C1NC(=S)NC(=O)C1c1ccccc1. The van der Waals surface area contributed by atoms with Gasteiger partial charge in [-0.2, -0.15) is 0 Å². The van der Waals surface area contributed by atoms with E-state index in [1.165, 1.54) is 0 Å². The molecule has 2 rings (SSSR count). The topological polar surface area (TPSA) is 58.2 Å². The van der Waals surface area contributed by atoms with E-state index in [9.17, 15) is 9.59 Å². The van der Waals surface area contributed by atoms with Crippen molar-refractivity contribution in [2.45, 2.75) is 19.8 Å². The van der Waals surface area contributed by atoms with Gasteiger partial charge in [0.05, 0.1) is 0 Å². The molecular formula is C12H14N2O2S. The fourth-order valence-corrected chi connectivity index (χ4v) is 1.67. The van der Waals surface area contributed by atoms with E-state index < -0.39 is 5.92 Å². The Morgan fingerprint density at radius 2 is 1.47 bits per heavy atom. The normalized spacial score (nSPS) is 15.5. The van der Waals surface area contributed by atoms with Crippen molar-refractivity contribution in [1.29, 1.82) is 0 Å². The second-order valence-electron chi connectivity index (χ2n) is 3.15.